The molecule has 21 heavy (non-hydrogen) atoms. The quantitative estimate of drug-likeness (QED) is 0.672. The second-order valence-electron chi connectivity index (χ2n) is 5.70. The van der Waals surface area contributed by atoms with Crippen LogP contribution >= 0.6 is 15.9 Å². The number of hydroxylamine groups is 1. The molecule has 0 spiro atoms. The van der Waals surface area contributed by atoms with Crippen molar-refractivity contribution in [3.63, 3.8) is 0 Å². The van der Waals surface area contributed by atoms with Crippen molar-refractivity contribution >= 4 is 28.0 Å². The van der Waals surface area contributed by atoms with Crippen LogP contribution in [0, 0.1) is 6.92 Å². The van der Waals surface area contributed by atoms with E-state index in [4.69, 9.17) is 4.84 Å². The summed E-state index contributed by atoms with van der Waals surface area (Å²) in [5, 5.41) is 8.42. The van der Waals surface area contributed by atoms with E-state index in [9.17, 15) is 4.79 Å². The van der Waals surface area contributed by atoms with E-state index in [1.54, 1.807) is 0 Å². The van der Waals surface area contributed by atoms with Gasteiger partial charge < -0.3 is 0 Å². The van der Waals surface area contributed by atoms with Gasteiger partial charge in [0.1, 0.15) is 5.69 Å². The van der Waals surface area contributed by atoms with Crippen molar-refractivity contribution in [3.05, 3.63) is 34.4 Å². The number of rotatable bonds is 4. The van der Waals surface area contributed by atoms with Gasteiger partial charge in [-0.15, -0.1) is 0 Å². The number of carbonyl (C=O) groups is 1. The van der Waals surface area contributed by atoms with Crippen molar-refractivity contribution in [2.24, 2.45) is 0 Å². The lowest BCUT2D eigenvalue weighted by Crippen LogP contribution is -2.32. The van der Waals surface area contributed by atoms with Crippen LogP contribution in [0.5, 0.6) is 0 Å². The summed E-state index contributed by atoms with van der Waals surface area (Å²) in [7, 11) is 0. The molecular weight excluding hydrogens is 334 g/mol. The Balaban J connectivity index is 2.37. The van der Waals surface area contributed by atoms with Crippen LogP contribution in [0.4, 0.5) is 5.69 Å². The third kappa shape index (κ3) is 3.71. The summed E-state index contributed by atoms with van der Waals surface area (Å²) in [6.07, 6.45) is 0.662. The Kier molecular flexibility index (Phi) is 4.49. The Morgan fingerprint density at radius 1 is 1.38 bits per heavy atom. The highest BCUT2D eigenvalue weighted by atomic mass is 79.9. The van der Waals surface area contributed by atoms with Gasteiger partial charge in [0.25, 0.3) is 0 Å². The van der Waals surface area contributed by atoms with Crippen molar-refractivity contribution in [1.82, 2.24) is 10.2 Å². The zero-order chi connectivity index (χ0) is 15.6. The van der Waals surface area contributed by atoms with E-state index >= 15 is 0 Å². The fraction of sp³-hybridized carbons (Fsp3) is 0.333. The highest BCUT2D eigenvalue weighted by Crippen LogP contribution is 2.31. The summed E-state index contributed by atoms with van der Waals surface area (Å²) in [4.78, 5) is 16.9. The van der Waals surface area contributed by atoms with Gasteiger partial charge in [0, 0.05) is 11.3 Å². The van der Waals surface area contributed by atoms with Gasteiger partial charge in [0.05, 0.1) is 15.8 Å². The van der Waals surface area contributed by atoms with Crippen LogP contribution in [0.1, 0.15) is 26.5 Å². The smallest absolute Gasteiger partial charge is 0.238 e. The molecule has 0 unspecified atom stereocenters. The fourth-order valence-corrected chi connectivity index (χ4v) is 2.23. The average Bonchev–Trinajstić information content (AvgIpc) is 2.75. The van der Waals surface area contributed by atoms with Crippen LogP contribution in [0.3, 0.4) is 0 Å². The number of anilines is 1. The molecule has 0 radical (unpaired) electrons. The van der Waals surface area contributed by atoms with Crippen molar-refractivity contribution in [3.8, 4) is 11.3 Å². The molecule has 1 N–H and O–H groups in total. The minimum absolute atomic E-state index is 0.458. The Labute approximate surface area is 132 Å². The summed E-state index contributed by atoms with van der Waals surface area (Å²) in [6, 6.07) is 7.48. The molecule has 1 amide bonds. The number of halogens is 1. The predicted molar refractivity (Wildman–Crippen MR) is 85.8 cm³/mol. The van der Waals surface area contributed by atoms with Crippen LogP contribution in [-0.2, 0) is 9.63 Å². The number of carbonyl (C=O) groups excluding carboxylic acids is 1. The van der Waals surface area contributed by atoms with E-state index in [0.717, 1.165) is 21.4 Å². The van der Waals surface area contributed by atoms with Crippen LogP contribution in [-0.4, -0.2) is 22.2 Å². The average molecular weight is 352 g/mol. The molecule has 0 bridgehead atoms. The lowest BCUT2D eigenvalue weighted by molar-refractivity contribution is -0.120. The number of aryl methyl sites for hydroxylation is 1. The van der Waals surface area contributed by atoms with Gasteiger partial charge in [-0.1, -0.05) is 12.1 Å². The number of nitrogens with zero attached hydrogens (tertiary/aromatic N) is 2. The second-order valence-corrected chi connectivity index (χ2v) is 6.49. The number of nitrogens with one attached hydrogen (secondary N) is 1. The molecule has 0 saturated heterocycles. The minimum atomic E-state index is -0.458. The second kappa shape index (κ2) is 5.99. The van der Waals surface area contributed by atoms with Gasteiger partial charge in [0.15, 0.2) is 0 Å². The first-order valence-electron chi connectivity index (χ1n) is 6.56. The van der Waals surface area contributed by atoms with Crippen molar-refractivity contribution in [2.45, 2.75) is 33.3 Å². The van der Waals surface area contributed by atoms with Crippen molar-refractivity contribution in [1.29, 1.82) is 0 Å². The van der Waals surface area contributed by atoms with Crippen molar-refractivity contribution in [2.75, 3.05) is 5.06 Å². The number of H-pyrrole nitrogens is 1. The number of aromatic amines is 1. The normalized spacial score (nSPS) is 11.5. The summed E-state index contributed by atoms with van der Waals surface area (Å²) < 4.78 is 0.911. The molecule has 0 aliphatic carbocycles. The third-order valence-corrected chi connectivity index (χ3v) is 3.68. The van der Waals surface area contributed by atoms with Crippen LogP contribution < -0.4 is 5.06 Å². The third-order valence-electron chi connectivity index (χ3n) is 2.71. The molecule has 2 rings (SSSR count). The largest absolute Gasteiger partial charge is 0.281 e. The molecule has 5 nitrogen and oxygen atoms in total. The first-order valence-corrected chi connectivity index (χ1v) is 7.35. The molecule has 1 aromatic heterocycles. The standard InChI is InChI=1S/C15H18BrN3O2/c1-10-13(16)14(18-17-10)11-6-5-7-12(8-11)19(9-20)21-15(2,3)4/h5-9H,1-4H3,(H,17,18). The van der Waals surface area contributed by atoms with E-state index in [-0.39, 0.29) is 0 Å². The van der Waals surface area contributed by atoms with Gasteiger partial charge in [-0.3, -0.25) is 14.7 Å². The van der Waals surface area contributed by atoms with Crippen LogP contribution in [0.15, 0.2) is 28.7 Å². The van der Waals surface area contributed by atoms with Gasteiger partial charge in [-0.05, 0) is 55.8 Å². The van der Waals surface area contributed by atoms with E-state index in [2.05, 4.69) is 26.1 Å². The van der Waals surface area contributed by atoms with Gasteiger partial charge in [0.2, 0.25) is 6.41 Å². The van der Waals surface area contributed by atoms with Crippen LogP contribution in [0.2, 0.25) is 0 Å². The van der Waals surface area contributed by atoms with Gasteiger partial charge >= 0.3 is 0 Å². The van der Waals surface area contributed by atoms with Crippen molar-refractivity contribution < 1.29 is 9.63 Å². The molecule has 0 aliphatic rings. The summed E-state index contributed by atoms with van der Waals surface area (Å²) >= 11 is 3.51. The van der Waals surface area contributed by atoms with E-state index < -0.39 is 5.60 Å². The molecule has 2 aromatic rings. The highest BCUT2D eigenvalue weighted by Gasteiger charge is 2.18. The summed E-state index contributed by atoms with van der Waals surface area (Å²) in [6.45, 7) is 7.61. The lowest BCUT2D eigenvalue weighted by Gasteiger charge is -2.26. The predicted octanol–water partition coefficient (Wildman–Crippen LogP) is 3.84. The maximum Gasteiger partial charge on any atom is 0.238 e. The Hall–Kier alpha value is -1.66. The topological polar surface area (TPSA) is 58.2 Å². The molecule has 0 aliphatic heterocycles. The zero-order valence-corrected chi connectivity index (χ0v) is 14.1. The van der Waals surface area contributed by atoms with Gasteiger partial charge in [-0.2, -0.15) is 10.2 Å². The maximum atomic E-state index is 11.3. The lowest BCUT2D eigenvalue weighted by atomic mass is 10.1. The number of benzene rings is 1. The number of amides is 1. The molecular formula is C15H18BrN3O2. The highest BCUT2D eigenvalue weighted by molar-refractivity contribution is 9.10. The first-order chi connectivity index (χ1) is 9.81. The summed E-state index contributed by atoms with van der Waals surface area (Å²) in [5.74, 6) is 0. The maximum absolute atomic E-state index is 11.3. The summed E-state index contributed by atoms with van der Waals surface area (Å²) in [5.41, 5.74) is 2.85. The molecule has 6 heteroatoms. The molecule has 1 aromatic carbocycles. The molecule has 112 valence electrons. The zero-order valence-electron chi connectivity index (χ0n) is 12.5. The SMILES string of the molecule is Cc1[nH]nc(-c2cccc(N(C=O)OC(C)(C)C)c2)c1Br. The van der Waals surface area contributed by atoms with Crippen LogP contribution in [0.25, 0.3) is 11.3 Å². The Bertz CT molecular complexity index is 647. The molecule has 0 saturated carbocycles. The van der Waals surface area contributed by atoms with Gasteiger partial charge in [-0.25, -0.2) is 0 Å². The first kappa shape index (κ1) is 15.7. The van der Waals surface area contributed by atoms with E-state index in [1.807, 2.05) is 52.0 Å². The molecule has 0 atom stereocenters. The number of hydrogen-bond acceptors (Lipinski definition) is 3. The molecule has 1 heterocycles. The van der Waals surface area contributed by atoms with E-state index in [1.165, 1.54) is 5.06 Å². The number of aromatic nitrogens is 2. The Morgan fingerprint density at radius 2 is 2.10 bits per heavy atom. The fourth-order valence-electron chi connectivity index (χ4n) is 1.83. The minimum Gasteiger partial charge on any atom is -0.281 e. The Morgan fingerprint density at radius 3 is 2.62 bits per heavy atom. The van der Waals surface area contributed by atoms with E-state index in [0.29, 0.717) is 12.1 Å². The molecule has 0 fully saturated rings. The number of hydrogen-bond donors (Lipinski definition) is 1. The monoisotopic (exact) mass is 351 g/mol.